The van der Waals surface area contributed by atoms with Gasteiger partial charge < -0.3 is 8.83 Å². The van der Waals surface area contributed by atoms with Gasteiger partial charge in [0.25, 0.3) is 6.39 Å². The minimum atomic E-state index is 0.584. The first-order valence-corrected chi connectivity index (χ1v) is 5.53. The van der Waals surface area contributed by atoms with Crippen molar-refractivity contribution in [3.63, 3.8) is 0 Å². The van der Waals surface area contributed by atoms with E-state index in [1.807, 2.05) is 42.5 Å². The molecule has 0 N–H and O–H groups in total. The molecule has 0 amide bonds. The van der Waals surface area contributed by atoms with Crippen molar-refractivity contribution in [1.29, 1.82) is 0 Å². The van der Waals surface area contributed by atoms with Crippen LogP contribution in [0.4, 0.5) is 0 Å². The number of rotatable bonds is 1. The molecule has 85 valence electrons. The fourth-order valence-corrected chi connectivity index (χ4v) is 1.94. The number of para-hydroxylation sites is 2. The standard InChI is InChI=1S/C14H7N2O2/c1-2-4-13-10(3-1)16-14(18-13)9-5-6-12-11(7-9)15-8-17-12/h1-7H. The van der Waals surface area contributed by atoms with E-state index in [0.717, 1.165) is 22.2 Å². The Morgan fingerprint density at radius 3 is 2.83 bits per heavy atom. The Morgan fingerprint density at radius 2 is 1.89 bits per heavy atom. The zero-order valence-corrected chi connectivity index (χ0v) is 9.25. The first kappa shape index (κ1) is 9.41. The van der Waals surface area contributed by atoms with Crippen LogP contribution in [0.15, 0.2) is 51.3 Å². The van der Waals surface area contributed by atoms with E-state index in [-0.39, 0.29) is 0 Å². The molecule has 1 radical (unpaired) electrons. The van der Waals surface area contributed by atoms with Gasteiger partial charge in [-0.3, -0.25) is 0 Å². The Hall–Kier alpha value is -2.62. The second kappa shape index (κ2) is 3.43. The highest BCUT2D eigenvalue weighted by Gasteiger charge is 2.09. The Bertz CT molecular complexity index is 812. The third-order valence-corrected chi connectivity index (χ3v) is 2.82. The lowest BCUT2D eigenvalue weighted by atomic mass is 10.2. The van der Waals surface area contributed by atoms with E-state index in [1.54, 1.807) is 0 Å². The number of fused-ring (bicyclic) bond motifs is 2. The van der Waals surface area contributed by atoms with Crippen LogP contribution in [0.5, 0.6) is 0 Å². The van der Waals surface area contributed by atoms with Gasteiger partial charge in [0, 0.05) is 5.56 Å². The second-order valence-corrected chi connectivity index (χ2v) is 3.97. The molecule has 0 aliphatic carbocycles. The van der Waals surface area contributed by atoms with Gasteiger partial charge in [-0.2, -0.15) is 0 Å². The zero-order chi connectivity index (χ0) is 11.9. The molecule has 0 unspecified atom stereocenters. The number of benzene rings is 2. The van der Waals surface area contributed by atoms with E-state index < -0.39 is 0 Å². The van der Waals surface area contributed by atoms with Crippen LogP contribution in [-0.2, 0) is 0 Å². The molecule has 0 saturated heterocycles. The van der Waals surface area contributed by atoms with Crippen LogP contribution in [0.2, 0.25) is 0 Å². The van der Waals surface area contributed by atoms with Crippen molar-refractivity contribution in [1.82, 2.24) is 9.97 Å². The van der Waals surface area contributed by atoms with Crippen molar-refractivity contribution < 1.29 is 8.83 Å². The summed E-state index contributed by atoms with van der Waals surface area (Å²) in [7, 11) is 0. The molecule has 0 aliphatic rings. The molecule has 4 heteroatoms. The number of aromatic nitrogens is 2. The number of nitrogens with zero attached hydrogens (tertiary/aromatic N) is 2. The predicted octanol–water partition coefficient (Wildman–Crippen LogP) is 3.44. The molecule has 0 fully saturated rings. The van der Waals surface area contributed by atoms with Gasteiger partial charge >= 0.3 is 0 Å². The van der Waals surface area contributed by atoms with Crippen LogP contribution in [0.3, 0.4) is 0 Å². The first-order chi connectivity index (χ1) is 8.90. The molecule has 4 nitrogen and oxygen atoms in total. The summed E-state index contributed by atoms with van der Waals surface area (Å²) >= 11 is 0. The van der Waals surface area contributed by atoms with Crippen molar-refractivity contribution >= 4 is 22.2 Å². The number of hydrogen-bond donors (Lipinski definition) is 0. The molecule has 4 rings (SSSR count). The van der Waals surface area contributed by atoms with Crippen LogP contribution in [0.25, 0.3) is 33.7 Å². The topological polar surface area (TPSA) is 52.1 Å². The molecule has 0 saturated carbocycles. The van der Waals surface area contributed by atoms with Gasteiger partial charge in [0.1, 0.15) is 11.0 Å². The van der Waals surface area contributed by atoms with Crippen LogP contribution in [0.1, 0.15) is 0 Å². The summed E-state index contributed by atoms with van der Waals surface area (Å²) in [6.07, 6.45) is 2.47. The lowest BCUT2D eigenvalue weighted by Gasteiger charge is -1.93. The summed E-state index contributed by atoms with van der Waals surface area (Å²) in [4.78, 5) is 8.44. The van der Waals surface area contributed by atoms with Crippen LogP contribution in [0, 0.1) is 6.39 Å². The maximum atomic E-state index is 5.70. The van der Waals surface area contributed by atoms with E-state index >= 15 is 0 Å². The van der Waals surface area contributed by atoms with Crippen molar-refractivity contribution in [3.8, 4) is 11.5 Å². The lowest BCUT2D eigenvalue weighted by Crippen LogP contribution is -1.77. The minimum absolute atomic E-state index is 0.584. The van der Waals surface area contributed by atoms with Gasteiger partial charge in [-0.1, -0.05) is 12.1 Å². The summed E-state index contributed by atoms with van der Waals surface area (Å²) in [5, 5.41) is 0. The quantitative estimate of drug-likeness (QED) is 0.507. The van der Waals surface area contributed by atoms with Gasteiger partial charge in [-0.05, 0) is 30.3 Å². The Morgan fingerprint density at radius 1 is 0.944 bits per heavy atom. The van der Waals surface area contributed by atoms with Crippen molar-refractivity contribution in [3.05, 3.63) is 48.9 Å². The molecule has 0 bridgehead atoms. The smallest absolute Gasteiger partial charge is 0.284 e. The highest BCUT2D eigenvalue weighted by molar-refractivity contribution is 5.80. The number of oxazole rings is 2. The molecule has 2 aromatic heterocycles. The van der Waals surface area contributed by atoms with Crippen molar-refractivity contribution in [2.45, 2.75) is 0 Å². The van der Waals surface area contributed by atoms with Crippen LogP contribution >= 0.6 is 0 Å². The predicted molar refractivity (Wildman–Crippen MR) is 65.8 cm³/mol. The molecule has 4 aromatic rings. The fraction of sp³-hybridized carbons (Fsp3) is 0. The first-order valence-electron chi connectivity index (χ1n) is 5.53. The monoisotopic (exact) mass is 235 g/mol. The highest BCUT2D eigenvalue weighted by atomic mass is 16.3. The molecule has 0 spiro atoms. The van der Waals surface area contributed by atoms with Gasteiger partial charge in [-0.15, -0.1) is 0 Å². The average molecular weight is 235 g/mol. The normalized spacial score (nSPS) is 11.3. The van der Waals surface area contributed by atoms with Crippen LogP contribution in [-0.4, -0.2) is 9.97 Å². The van der Waals surface area contributed by atoms with E-state index in [9.17, 15) is 0 Å². The van der Waals surface area contributed by atoms with Crippen LogP contribution < -0.4 is 0 Å². The summed E-state index contributed by atoms with van der Waals surface area (Å²) < 4.78 is 10.8. The van der Waals surface area contributed by atoms with Gasteiger partial charge in [0.05, 0.1) is 0 Å². The minimum Gasteiger partial charge on any atom is -0.436 e. The van der Waals surface area contributed by atoms with Crippen molar-refractivity contribution in [2.24, 2.45) is 0 Å². The van der Waals surface area contributed by atoms with E-state index in [2.05, 4.69) is 16.4 Å². The lowest BCUT2D eigenvalue weighted by molar-refractivity contribution is 0.591. The Kier molecular flexibility index (Phi) is 1.80. The zero-order valence-electron chi connectivity index (χ0n) is 9.25. The van der Waals surface area contributed by atoms with Crippen molar-refractivity contribution in [2.75, 3.05) is 0 Å². The summed E-state index contributed by atoms with van der Waals surface area (Å²) in [5.41, 5.74) is 3.95. The van der Waals surface area contributed by atoms with Gasteiger partial charge in [0.15, 0.2) is 11.2 Å². The summed E-state index contributed by atoms with van der Waals surface area (Å²) in [6, 6.07) is 13.3. The second-order valence-electron chi connectivity index (χ2n) is 3.97. The Labute approximate surface area is 102 Å². The average Bonchev–Trinajstić information content (AvgIpc) is 3.04. The molecule has 2 heterocycles. The third-order valence-electron chi connectivity index (χ3n) is 2.82. The molecular weight excluding hydrogens is 228 g/mol. The highest BCUT2D eigenvalue weighted by Crippen LogP contribution is 2.26. The van der Waals surface area contributed by atoms with E-state index in [4.69, 9.17) is 8.83 Å². The Balaban J connectivity index is 1.94. The third kappa shape index (κ3) is 1.32. The van der Waals surface area contributed by atoms with E-state index in [1.165, 1.54) is 0 Å². The molecular formula is C14H7N2O2. The van der Waals surface area contributed by atoms with E-state index in [0.29, 0.717) is 11.5 Å². The maximum absolute atomic E-state index is 5.70. The fourth-order valence-electron chi connectivity index (χ4n) is 1.94. The van der Waals surface area contributed by atoms with Gasteiger partial charge in [0.2, 0.25) is 5.89 Å². The summed E-state index contributed by atoms with van der Waals surface area (Å²) in [5.74, 6) is 0.584. The number of hydrogen-bond acceptors (Lipinski definition) is 4. The molecule has 2 aromatic carbocycles. The molecule has 0 aliphatic heterocycles. The molecule has 0 atom stereocenters. The molecule has 18 heavy (non-hydrogen) atoms. The summed E-state index contributed by atoms with van der Waals surface area (Å²) in [6.45, 7) is 0. The van der Waals surface area contributed by atoms with Gasteiger partial charge in [-0.25, -0.2) is 9.97 Å². The SMILES string of the molecule is [c]1nc2cc(-c3nc4ccccc4o3)ccc2o1. The maximum Gasteiger partial charge on any atom is 0.284 e. The largest absolute Gasteiger partial charge is 0.436 e.